The van der Waals surface area contributed by atoms with Crippen LogP contribution in [0.2, 0.25) is 0 Å². The van der Waals surface area contributed by atoms with Crippen LogP contribution in [-0.2, 0) is 6.42 Å². The predicted molar refractivity (Wildman–Crippen MR) is 47.7 cm³/mol. The molecule has 0 bridgehead atoms. The van der Waals surface area contributed by atoms with Crippen molar-refractivity contribution in [1.82, 2.24) is 5.16 Å². The first kappa shape index (κ1) is 9.57. The molecule has 1 aromatic rings. The molecule has 0 spiro atoms. The first-order valence-electron chi connectivity index (χ1n) is 4.03. The summed E-state index contributed by atoms with van der Waals surface area (Å²) in [5.74, 6) is 1.02. The van der Waals surface area contributed by atoms with Crippen LogP contribution in [0.15, 0.2) is 9.68 Å². The van der Waals surface area contributed by atoms with Gasteiger partial charge in [0.1, 0.15) is 11.6 Å². The summed E-state index contributed by atoms with van der Waals surface area (Å²) < 4.78 is 4.97. The van der Waals surface area contributed by atoms with E-state index in [1.54, 1.807) is 0 Å². The van der Waals surface area contributed by atoms with Crippen molar-refractivity contribution in [3.8, 4) is 0 Å². The third-order valence-electron chi connectivity index (χ3n) is 1.94. The first-order chi connectivity index (χ1) is 6.15. The van der Waals surface area contributed by atoms with Gasteiger partial charge in [0, 0.05) is 12.0 Å². The number of hydrogen-bond donors (Lipinski definition) is 2. The molecule has 1 aromatic heterocycles. The normalized spacial score (nSPS) is 12.0. The van der Waals surface area contributed by atoms with Crippen LogP contribution in [0.25, 0.3) is 0 Å². The molecule has 3 N–H and O–H groups in total. The molecule has 0 saturated carbocycles. The summed E-state index contributed by atoms with van der Waals surface area (Å²) in [6, 6.07) is 0. The second-order valence-corrected chi connectivity index (χ2v) is 2.89. The van der Waals surface area contributed by atoms with E-state index in [2.05, 4.69) is 10.3 Å². The Hall–Kier alpha value is -1.52. The minimum atomic E-state index is 0.222. The average Bonchev–Trinajstić information content (AvgIpc) is 2.43. The molecule has 0 atom stereocenters. The average molecular weight is 183 g/mol. The van der Waals surface area contributed by atoms with E-state index in [1.165, 1.54) is 0 Å². The van der Waals surface area contributed by atoms with Gasteiger partial charge in [0.15, 0.2) is 0 Å². The standard InChI is InChI=1S/C8H13N3O2/c1-5-7(6(2)13-11-5)3-4-8(9)10-12/h12H,3-4H2,1-2H3,(H2,9,10). The van der Waals surface area contributed by atoms with Crippen LogP contribution in [0.3, 0.4) is 0 Å². The molecule has 0 aliphatic carbocycles. The molecule has 5 heteroatoms. The van der Waals surface area contributed by atoms with Crippen molar-refractivity contribution < 1.29 is 9.73 Å². The molecule has 0 fully saturated rings. The lowest BCUT2D eigenvalue weighted by atomic mass is 10.1. The van der Waals surface area contributed by atoms with Crippen molar-refractivity contribution in [2.45, 2.75) is 26.7 Å². The zero-order chi connectivity index (χ0) is 9.84. The van der Waals surface area contributed by atoms with Gasteiger partial charge >= 0.3 is 0 Å². The molecule has 0 amide bonds. The Balaban J connectivity index is 2.64. The number of amidine groups is 1. The van der Waals surface area contributed by atoms with Gasteiger partial charge < -0.3 is 15.5 Å². The number of nitrogens with zero attached hydrogens (tertiary/aromatic N) is 2. The summed E-state index contributed by atoms with van der Waals surface area (Å²) in [6.45, 7) is 3.72. The SMILES string of the molecule is Cc1noc(C)c1CCC(N)=NO. The quantitative estimate of drug-likeness (QED) is 0.316. The highest BCUT2D eigenvalue weighted by atomic mass is 16.5. The van der Waals surface area contributed by atoms with Crippen molar-refractivity contribution in [1.29, 1.82) is 0 Å². The molecule has 1 heterocycles. The van der Waals surface area contributed by atoms with Crippen LogP contribution in [0, 0.1) is 13.8 Å². The second kappa shape index (κ2) is 3.93. The van der Waals surface area contributed by atoms with Crippen molar-refractivity contribution in [2.75, 3.05) is 0 Å². The van der Waals surface area contributed by atoms with E-state index in [0.29, 0.717) is 12.8 Å². The molecule has 72 valence electrons. The summed E-state index contributed by atoms with van der Waals surface area (Å²) in [7, 11) is 0. The molecule has 0 unspecified atom stereocenters. The Labute approximate surface area is 76.2 Å². The third-order valence-corrected chi connectivity index (χ3v) is 1.94. The van der Waals surface area contributed by atoms with Gasteiger partial charge in [-0.05, 0) is 20.3 Å². The highest BCUT2D eigenvalue weighted by molar-refractivity contribution is 5.79. The molecule has 0 saturated heterocycles. The van der Waals surface area contributed by atoms with Crippen molar-refractivity contribution >= 4 is 5.84 Å². The monoisotopic (exact) mass is 183 g/mol. The fourth-order valence-corrected chi connectivity index (χ4v) is 1.16. The molecule has 0 aliphatic rings. The maximum atomic E-state index is 8.33. The summed E-state index contributed by atoms with van der Waals surface area (Å²) in [5, 5.41) is 15.0. The van der Waals surface area contributed by atoms with Crippen LogP contribution >= 0.6 is 0 Å². The van der Waals surface area contributed by atoms with Crippen molar-refractivity contribution in [2.24, 2.45) is 10.9 Å². The highest BCUT2D eigenvalue weighted by Gasteiger charge is 2.08. The number of hydrogen-bond acceptors (Lipinski definition) is 4. The number of aryl methyl sites for hydroxylation is 2. The maximum absolute atomic E-state index is 8.33. The van der Waals surface area contributed by atoms with Gasteiger partial charge in [-0.15, -0.1) is 0 Å². The third kappa shape index (κ3) is 2.21. The van der Waals surface area contributed by atoms with E-state index < -0.39 is 0 Å². The summed E-state index contributed by atoms with van der Waals surface area (Å²) >= 11 is 0. The van der Waals surface area contributed by atoms with Gasteiger partial charge in [0.05, 0.1) is 5.69 Å². The zero-order valence-corrected chi connectivity index (χ0v) is 7.74. The Bertz CT molecular complexity index is 298. The molecular formula is C8H13N3O2. The van der Waals surface area contributed by atoms with Crippen LogP contribution < -0.4 is 5.73 Å². The lowest BCUT2D eigenvalue weighted by Gasteiger charge is -1.97. The van der Waals surface area contributed by atoms with Crippen LogP contribution in [0.5, 0.6) is 0 Å². The van der Waals surface area contributed by atoms with Gasteiger partial charge in [-0.3, -0.25) is 0 Å². The predicted octanol–water partition coefficient (Wildman–Crippen LogP) is 0.970. The highest BCUT2D eigenvalue weighted by Crippen LogP contribution is 2.13. The second-order valence-electron chi connectivity index (χ2n) is 2.89. The smallest absolute Gasteiger partial charge is 0.139 e. The van der Waals surface area contributed by atoms with Gasteiger partial charge in [-0.25, -0.2) is 0 Å². The van der Waals surface area contributed by atoms with E-state index in [9.17, 15) is 0 Å². The molecular weight excluding hydrogens is 170 g/mol. The molecule has 13 heavy (non-hydrogen) atoms. The Morgan fingerprint density at radius 2 is 2.31 bits per heavy atom. The van der Waals surface area contributed by atoms with Crippen LogP contribution in [0.1, 0.15) is 23.4 Å². The Kier molecular flexibility index (Phi) is 2.89. The molecule has 0 radical (unpaired) electrons. The van der Waals surface area contributed by atoms with E-state index in [1.807, 2.05) is 13.8 Å². The van der Waals surface area contributed by atoms with Crippen molar-refractivity contribution in [3.05, 3.63) is 17.0 Å². The number of nitrogens with two attached hydrogens (primary N) is 1. The fraction of sp³-hybridized carbons (Fsp3) is 0.500. The van der Waals surface area contributed by atoms with E-state index >= 15 is 0 Å². The largest absolute Gasteiger partial charge is 0.409 e. The topological polar surface area (TPSA) is 84.6 Å². The molecule has 0 aliphatic heterocycles. The maximum Gasteiger partial charge on any atom is 0.139 e. The Morgan fingerprint density at radius 3 is 2.77 bits per heavy atom. The van der Waals surface area contributed by atoms with Gasteiger partial charge in [-0.1, -0.05) is 10.3 Å². The summed E-state index contributed by atoms with van der Waals surface area (Å²) in [4.78, 5) is 0. The molecule has 1 rings (SSSR count). The number of aromatic nitrogens is 1. The zero-order valence-electron chi connectivity index (χ0n) is 7.74. The van der Waals surface area contributed by atoms with E-state index in [0.717, 1.165) is 17.0 Å². The molecule has 5 nitrogen and oxygen atoms in total. The minimum Gasteiger partial charge on any atom is -0.409 e. The Morgan fingerprint density at radius 1 is 1.62 bits per heavy atom. The lowest BCUT2D eigenvalue weighted by molar-refractivity contribution is 0.317. The van der Waals surface area contributed by atoms with Crippen LogP contribution in [0.4, 0.5) is 0 Å². The van der Waals surface area contributed by atoms with Crippen LogP contribution in [-0.4, -0.2) is 16.2 Å². The number of oxime groups is 1. The number of rotatable bonds is 3. The van der Waals surface area contributed by atoms with Gasteiger partial charge in [-0.2, -0.15) is 0 Å². The van der Waals surface area contributed by atoms with E-state index in [4.69, 9.17) is 15.5 Å². The van der Waals surface area contributed by atoms with Crippen molar-refractivity contribution in [3.63, 3.8) is 0 Å². The summed E-state index contributed by atoms with van der Waals surface area (Å²) in [6.07, 6.45) is 1.20. The first-order valence-corrected chi connectivity index (χ1v) is 4.03. The minimum absolute atomic E-state index is 0.222. The fourth-order valence-electron chi connectivity index (χ4n) is 1.16. The summed E-state index contributed by atoms with van der Waals surface area (Å²) in [5.41, 5.74) is 7.24. The van der Waals surface area contributed by atoms with Gasteiger partial charge in [0.2, 0.25) is 0 Å². The lowest BCUT2D eigenvalue weighted by Crippen LogP contribution is -2.12. The van der Waals surface area contributed by atoms with Gasteiger partial charge in [0.25, 0.3) is 0 Å². The molecule has 0 aromatic carbocycles. The van der Waals surface area contributed by atoms with E-state index in [-0.39, 0.29) is 5.84 Å².